The van der Waals surface area contributed by atoms with Gasteiger partial charge in [-0.1, -0.05) is 30.3 Å². The molecule has 156 valence electrons. The Balaban J connectivity index is 1.71. The fourth-order valence-corrected chi connectivity index (χ4v) is 4.34. The Bertz CT molecular complexity index is 1160. The van der Waals surface area contributed by atoms with Gasteiger partial charge in [0, 0.05) is 17.8 Å². The predicted molar refractivity (Wildman–Crippen MR) is 116 cm³/mol. The molecule has 0 aliphatic rings. The molecule has 0 heterocycles. The molecule has 0 saturated heterocycles. The zero-order chi connectivity index (χ0) is 21.7. The van der Waals surface area contributed by atoms with E-state index in [9.17, 15) is 17.6 Å². The summed E-state index contributed by atoms with van der Waals surface area (Å²) in [6, 6.07) is 17.7. The minimum absolute atomic E-state index is 0.0511. The van der Waals surface area contributed by atoms with Crippen molar-refractivity contribution in [1.29, 1.82) is 0 Å². The van der Waals surface area contributed by atoms with Crippen LogP contribution < -0.4 is 10.0 Å². The van der Waals surface area contributed by atoms with Crippen molar-refractivity contribution in [2.75, 3.05) is 11.3 Å². The second kappa shape index (κ2) is 9.09. The average molecular weight is 427 g/mol. The summed E-state index contributed by atoms with van der Waals surface area (Å²) in [6.07, 6.45) is 0.540. The molecule has 3 rings (SSSR count). The van der Waals surface area contributed by atoms with Gasteiger partial charge in [0.05, 0.1) is 4.90 Å². The summed E-state index contributed by atoms with van der Waals surface area (Å²) in [5, 5.41) is 2.77. The van der Waals surface area contributed by atoms with Crippen molar-refractivity contribution in [3.8, 4) is 0 Å². The largest absolute Gasteiger partial charge is 0.352 e. The molecule has 2 N–H and O–H groups in total. The average Bonchev–Trinajstić information content (AvgIpc) is 2.69. The molecule has 3 aromatic carbocycles. The number of rotatable bonds is 7. The van der Waals surface area contributed by atoms with Crippen molar-refractivity contribution in [2.45, 2.75) is 25.2 Å². The second-order valence-corrected chi connectivity index (χ2v) is 8.74. The SMILES string of the molecule is Cc1cccc(NS(=O)(=O)c2cc(C(=O)NCCc3ccc(F)cc3)ccc2C)c1. The Morgan fingerprint density at radius 3 is 2.40 bits per heavy atom. The number of nitrogens with one attached hydrogen (secondary N) is 2. The highest BCUT2D eigenvalue weighted by Crippen LogP contribution is 2.21. The van der Waals surface area contributed by atoms with Crippen LogP contribution in [0, 0.1) is 19.7 Å². The minimum Gasteiger partial charge on any atom is -0.352 e. The lowest BCUT2D eigenvalue weighted by Crippen LogP contribution is -2.26. The van der Waals surface area contributed by atoms with E-state index in [0.29, 0.717) is 24.2 Å². The highest BCUT2D eigenvalue weighted by Gasteiger charge is 2.19. The molecule has 30 heavy (non-hydrogen) atoms. The van der Waals surface area contributed by atoms with E-state index in [4.69, 9.17) is 0 Å². The van der Waals surface area contributed by atoms with Crippen molar-refractivity contribution in [1.82, 2.24) is 5.32 Å². The molecule has 3 aromatic rings. The zero-order valence-electron chi connectivity index (χ0n) is 16.8. The smallest absolute Gasteiger partial charge is 0.262 e. The Labute approximate surface area is 176 Å². The van der Waals surface area contributed by atoms with Gasteiger partial charge in [-0.3, -0.25) is 9.52 Å². The van der Waals surface area contributed by atoms with E-state index < -0.39 is 10.0 Å². The number of anilines is 1. The first kappa shape index (κ1) is 21.5. The van der Waals surface area contributed by atoms with Crippen LogP contribution in [0.15, 0.2) is 71.6 Å². The van der Waals surface area contributed by atoms with E-state index in [1.54, 1.807) is 49.4 Å². The Kier molecular flexibility index (Phi) is 6.52. The monoisotopic (exact) mass is 426 g/mol. The molecule has 0 unspecified atom stereocenters. The third kappa shape index (κ3) is 5.45. The summed E-state index contributed by atoms with van der Waals surface area (Å²) in [4.78, 5) is 12.5. The van der Waals surface area contributed by atoms with Gasteiger partial charge in [-0.2, -0.15) is 0 Å². The molecule has 0 spiro atoms. The Hall–Kier alpha value is -3.19. The van der Waals surface area contributed by atoms with Gasteiger partial charge in [-0.05, 0) is 73.4 Å². The van der Waals surface area contributed by atoms with Crippen LogP contribution in [0.2, 0.25) is 0 Å². The van der Waals surface area contributed by atoms with E-state index in [1.165, 1.54) is 18.2 Å². The molecule has 7 heteroatoms. The van der Waals surface area contributed by atoms with Crippen LogP contribution in [0.25, 0.3) is 0 Å². The summed E-state index contributed by atoms with van der Waals surface area (Å²) in [5.41, 5.74) is 3.08. The molecule has 5 nitrogen and oxygen atoms in total. The van der Waals surface area contributed by atoms with E-state index in [1.807, 2.05) is 13.0 Å². The number of halogens is 1. The van der Waals surface area contributed by atoms with E-state index >= 15 is 0 Å². The molecule has 0 aliphatic carbocycles. The summed E-state index contributed by atoms with van der Waals surface area (Å²) < 4.78 is 41.2. The van der Waals surface area contributed by atoms with Crippen molar-refractivity contribution < 1.29 is 17.6 Å². The van der Waals surface area contributed by atoms with Crippen LogP contribution >= 0.6 is 0 Å². The summed E-state index contributed by atoms with van der Waals surface area (Å²) in [5.74, 6) is -0.681. The van der Waals surface area contributed by atoms with Crippen molar-refractivity contribution >= 4 is 21.6 Å². The van der Waals surface area contributed by atoms with Crippen LogP contribution in [-0.4, -0.2) is 20.9 Å². The van der Waals surface area contributed by atoms with E-state index in [-0.39, 0.29) is 22.2 Å². The number of hydrogen-bond acceptors (Lipinski definition) is 3. The van der Waals surface area contributed by atoms with Gasteiger partial charge in [0.25, 0.3) is 15.9 Å². The summed E-state index contributed by atoms with van der Waals surface area (Å²) >= 11 is 0. The van der Waals surface area contributed by atoms with Gasteiger partial charge in [0.1, 0.15) is 5.82 Å². The van der Waals surface area contributed by atoms with Crippen LogP contribution in [0.3, 0.4) is 0 Å². The third-order valence-corrected chi connectivity index (χ3v) is 6.15. The molecular weight excluding hydrogens is 403 g/mol. The van der Waals surface area contributed by atoms with Crippen molar-refractivity contribution in [3.63, 3.8) is 0 Å². The number of benzene rings is 3. The fraction of sp³-hybridized carbons (Fsp3) is 0.174. The molecule has 0 saturated carbocycles. The Morgan fingerprint density at radius 2 is 1.70 bits per heavy atom. The first-order valence-electron chi connectivity index (χ1n) is 9.47. The number of carbonyl (C=O) groups is 1. The van der Waals surface area contributed by atoms with Crippen LogP contribution in [0.1, 0.15) is 27.0 Å². The van der Waals surface area contributed by atoms with Crippen LogP contribution in [0.4, 0.5) is 10.1 Å². The molecule has 0 atom stereocenters. The van der Waals surface area contributed by atoms with Gasteiger partial charge >= 0.3 is 0 Å². The molecule has 0 radical (unpaired) electrons. The standard InChI is InChI=1S/C23H23FN2O3S/c1-16-4-3-5-21(14-16)26-30(28,29)22-15-19(9-6-17(22)2)23(27)25-13-12-18-7-10-20(24)11-8-18/h3-11,14-15,26H,12-13H2,1-2H3,(H,25,27). The van der Waals surface area contributed by atoms with Gasteiger partial charge in [0.2, 0.25) is 0 Å². The summed E-state index contributed by atoms with van der Waals surface area (Å²) in [6.45, 7) is 3.91. The first-order valence-corrected chi connectivity index (χ1v) is 11.0. The zero-order valence-corrected chi connectivity index (χ0v) is 17.6. The lowest BCUT2D eigenvalue weighted by atomic mass is 10.1. The number of sulfonamides is 1. The van der Waals surface area contributed by atoms with Crippen LogP contribution in [0.5, 0.6) is 0 Å². The van der Waals surface area contributed by atoms with Crippen molar-refractivity contribution in [2.24, 2.45) is 0 Å². The summed E-state index contributed by atoms with van der Waals surface area (Å²) in [7, 11) is -3.85. The van der Waals surface area contributed by atoms with Gasteiger partial charge < -0.3 is 5.32 Å². The van der Waals surface area contributed by atoms with Gasteiger partial charge in [-0.25, -0.2) is 12.8 Å². The maximum Gasteiger partial charge on any atom is 0.262 e. The van der Waals surface area contributed by atoms with Gasteiger partial charge in [0.15, 0.2) is 0 Å². The highest BCUT2D eigenvalue weighted by atomic mass is 32.2. The predicted octanol–water partition coefficient (Wildman–Crippen LogP) is 4.22. The number of amides is 1. The maximum atomic E-state index is 13.0. The second-order valence-electron chi connectivity index (χ2n) is 7.09. The fourth-order valence-electron chi connectivity index (χ4n) is 3.02. The van der Waals surface area contributed by atoms with E-state index in [2.05, 4.69) is 10.0 Å². The molecule has 0 aromatic heterocycles. The Morgan fingerprint density at radius 1 is 0.967 bits per heavy atom. The third-order valence-electron chi connectivity index (χ3n) is 4.62. The van der Waals surface area contributed by atoms with Crippen molar-refractivity contribution in [3.05, 3.63) is 94.8 Å². The molecule has 0 bridgehead atoms. The lowest BCUT2D eigenvalue weighted by Gasteiger charge is -2.13. The minimum atomic E-state index is -3.85. The highest BCUT2D eigenvalue weighted by molar-refractivity contribution is 7.92. The lowest BCUT2D eigenvalue weighted by molar-refractivity contribution is 0.0954. The molecule has 0 fully saturated rings. The normalized spacial score (nSPS) is 11.2. The topological polar surface area (TPSA) is 75.3 Å². The quantitative estimate of drug-likeness (QED) is 0.594. The molecule has 0 aliphatic heterocycles. The number of carbonyl (C=O) groups excluding carboxylic acids is 1. The molecular formula is C23H23FN2O3S. The maximum absolute atomic E-state index is 13.0. The molecule has 1 amide bonds. The number of hydrogen-bond donors (Lipinski definition) is 2. The first-order chi connectivity index (χ1) is 14.2. The van der Waals surface area contributed by atoms with Gasteiger partial charge in [-0.15, -0.1) is 0 Å². The van der Waals surface area contributed by atoms with E-state index in [0.717, 1.165) is 11.1 Å². The van der Waals surface area contributed by atoms with Crippen LogP contribution in [-0.2, 0) is 16.4 Å². The number of aryl methyl sites for hydroxylation is 2.